The van der Waals surface area contributed by atoms with E-state index in [9.17, 15) is 9.59 Å². The summed E-state index contributed by atoms with van der Waals surface area (Å²) in [7, 11) is 3.13. The van der Waals surface area contributed by atoms with Crippen LogP contribution in [0, 0.1) is 0 Å². The average Bonchev–Trinajstić information content (AvgIpc) is 3.43. The van der Waals surface area contributed by atoms with Gasteiger partial charge in [-0.05, 0) is 25.0 Å². The third kappa shape index (κ3) is 5.15. The summed E-state index contributed by atoms with van der Waals surface area (Å²) in [4.78, 5) is 32.5. The van der Waals surface area contributed by atoms with Gasteiger partial charge in [-0.25, -0.2) is 4.98 Å². The lowest BCUT2D eigenvalue weighted by atomic mass is 10.2. The van der Waals surface area contributed by atoms with Gasteiger partial charge < -0.3 is 19.5 Å². The Hall–Kier alpha value is -2.69. The maximum atomic E-state index is 12.6. The first-order chi connectivity index (χ1) is 15.1. The molecule has 0 saturated carbocycles. The number of hydrogen-bond donors (Lipinski definition) is 2. The lowest BCUT2D eigenvalue weighted by Crippen LogP contribution is -2.36. The zero-order chi connectivity index (χ0) is 21.8. The molecule has 0 spiro atoms. The summed E-state index contributed by atoms with van der Waals surface area (Å²) in [6, 6.07) is 5.26. The Morgan fingerprint density at radius 3 is 2.90 bits per heavy atom. The first-order valence-corrected chi connectivity index (χ1v) is 11.0. The van der Waals surface area contributed by atoms with Crippen LogP contribution in [-0.2, 0) is 27.3 Å². The zero-order valence-electron chi connectivity index (χ0n) is 17.6. The molecule has 10 heteroatoms. The Morgan fingerprint density at radius 2 is 2.16 bits per heavy atom. The van der Waals surface area contributed by atoms with Gasteiger partial charge in [-0.1, -0.05) is 0 Å². The molecule has 2 aromatic rings. The fourth-order valence-electron chi connectivity index (χ4n) is 3.70. The van der Waals surface area contributed by atoms with Crippen LogP contribution >= 0.6 is 11.3 Å². The minimum atomic E-state index is -0.379. The maximum Gasteiger partial charge on any atom is 0.255 e. The molecule has 1 aromatic carbocycles. The summed E-state index contributed by atoms with van der Waals surface area (Å²) in [5.74, 6) is 0.949. The van der Waals surface area contributed by atoms with Crippen LogP contribution in [0.1, 0.15) is 23.4 Å². The van der Waals surface area contributed by atoms with Gasteiger partial charge in [-0.15, -0.1) is 11.3 Å². The molecule has 2 aliphatic rings. The van der Waals surface area contributed by atoms with E-state index in [0.29, 0.717) is 35.5 Å². The first kappa shape index (κ1) is 21.5. The predicted molar refractivity (Wildman–Crippen MR) is 117 cm³/mol. The quantitative estimate of drug-likeness (QED) is 0.673. The zero-order valence-corrected chi connectivity index (χ0v) is 18.4. The molecule has 0 radical (unpaired) electrons. The number of methoxy groups -OCH3 is 2. The van der Waals surface area contributed by atoms with Crippen molar-refractivity contribution >= 4 is 34.0 Å². The summed E-state index contributed by atoms with van der Waals surface area (Å²) >= 11 is 1.46. The molecule has 1 fully saturated rings. The van der Waals surface area contributed by atoms with Crippen molar-refractivity contribution in [1.29, 1.82) is 0 Å². The highest BCUT2D eigenvalue weighted by atomic mass is 32.1. The summed E-state index contributed by atoms with van der Waals surface area (Å²) in [5, 5.41) is 6.37. The van der Waals surface area contributed by atoms with Crippen molar-refractivity contribution in [3.8, 4) is 11.5 Å². The Balaban J connectivity index is 1.33. The number of nitrogens with one attached hydrogen (secondary N) is 2. The number of hydrogen-bond acceptors (Lipinski definition) is 8. The number of carbonyl (C=O) groups is 2. The van der Waals surface area contributed by atoms with Crippen LogP contribution in [0.4, 0.5) is 10.8 Å². The van der Waals surface area contributed by atoms with Gasteiger partial charge in [0.15, 0.2) is 5.13 Å². The van der Waals surface area contributed by atoms with E-state index in [4.69, 9.17) is 14.2 Å². The van der Waals surface area contributed by atoms with Crippen LogP contribution < -0.4 is 20.1 Å². The Bertz CT molecular complexity index is 957. The number of aromatic nitrogens is 1. The molecule has 2 N–H and O–H groups in total. The second-order valence-corrected chi connectivity index (χ2v) is 8.54. The SMILES string of the molecule is COc1ccc(NC(=O)CN2CCc3nc(NC(=O)C4CCCO4)sc3C2)c(OC)c1. The van der Waals surface area contributed by atoms with Crippen molar-refractivity contribution in [2.45, 2.75) is 31.9 Å². The van der Waals surface area contributed by atoms with Crippen molar-refractivity contribution in [2.75, 3.05) is 44.5 Å². The molecular weight excluding hydrogens is 420 g/mol. The molecule has 9 nitrogen and oxygen atoms in total. The van der Waals surface area contributed by atoms with Crippen molar-refractivity contribution in [3.63, 3.8) is 0 Å². The van der Waals surface area contributed by atoms with E-state index in [1.807, 2.05) is 0 Å². The van der Waals surface area contributed by atoms with Gasteiger partial charge in [0.1, 0.15) is 17.6 Å². The number of benzene rings is 1. The number of carbonyl (C=O) groups excluding carboxylic acids is 2. The van der Waals surface area contributed by atoms with Gasteiger partial charge >= 0.3 is 0 Å². The predicted octanol–water partition coefficient (Wildman–Crippen LogP) is 2.27. The molecule has 31 heavy (non-hydrogen) atoms. The maximum absolute atomic E-state index is 12.6. The van der Waals surface area contributed by atoms with Crippen LogP contribution in [0.5, 0.6) is 11.5 Å². The Morgan fingerprint density at radius 1 is 1.29 bits per heavy atom. The standard InChI is InChI=1S/C21H26N4O5S/c1-28-13-5-6-14(17(10-13)29-2)22-19(26)12-25-8-7-15-18(11-25)31-21(23-15)24-20(27)16-4-3-9-30-16/h5-6,10,16H,3-4,7-9,11-12H2,1-2H3,(H,22,26)(H,23,24,27). The smallest absolute Gasteiger partial charge is 0.255 e. The summed E-state index contributed by atoms with van der Waals surface area (Å²) in [5.41, 5.74) is 1.59. The van der Waals surface area contributed by atoms with Crippen molar-refractivity contribution < 1.29 is 23.8 Å². The second-order valence-electron chi connectivity index (χ2n) is 7.45. The molecule has 0 aliphatic carbocycles. The molecule has 2 amide bonds. The third-order valence-corrected chi connectivity index (χ3v) is 6.31. The van der Waals surface area contributed by atoms with Crippen LogP contribution in [-0.4, -0.2) is 61.7 Å². The van der Waals surface area contributed by atoms with Gasteiger partial charge in [0.2, 0.25) is 5.91 Å². The number of rotatable bonds is 7. The monoisotopic (exact) mass is 446 g/mol. The highest BCUT2D eigenvalue weighted by molar-refractivity contribution is 7.15. The van der Waals surface area contributed by atoms with E-state index in [1.165, 1.54) is 11.3 Å². The van der Waals surface area contributed by atoms with E-state index >= 15 is 0 Å². The molecule has 1 atom stereocenters. The Labute approximate surface area is 184 Å². The van der Waals surface area contributed by atoms with Crippen LogP contribution in [0.3, 0.4) is 0 Å². The van der Waals surface area contributed by atoms with Gasteiger partial charge in [0.25, 0.3) is 5.91 Å². The molecular formula is C21H26N4O5S. The molecule has 1 saturated heterocycles. The van der Waals surface area contributed by atoms with E-state index in [0.717, 1.165) is 36.4 Å². The van der Waals surface area contributed by atoms with Crippen LogP contribution in [0.2, 0.25) is 0 Å². The number of fused-ring (bicyclic) bond motifs is 1. The fourth-order valence-corrected chi connectivity index (χ4v) is 4.76. The second kappa shape index (κ2) is 9.63. The lowest BCUT2D eigenvalue weighted by molar-refractivity contribution is -0.124. The lowest BCUT2D eigenvalue weighted by Gasteiger charge is -2.25. The molecule has 2 aliphatic heterocycles. The largest absolute Gasteiger partial charge is 0.497 e. The van der Waals surface area contributed by atoms with Crippen LogP contribution in [0.15, 0.2) is 18.2 Å². The molecule has 166 valence electrons. The van der Waals surface area contributed by atoms with E-state index in [1.54, 1.807) is 32.4 Å². The highest BCUT2D eigenvalue weighted by Crippen LogP contribution is 2.30. The summed E-state index contributed by atoms with van der Waals surface area (Å²) in [6.07, 6.45) is 2.02. The van der Waals surface area contributed by atoms with Crippen molar-refractivity contribution in [3.05, 3.63) is 28.8 Å². The number of anilines is 2. The number of ether oxygens (including phenoxy) is 3. The van der Waals surface area contributed by atoms with E-state index in [2.05, 4.69) is 20.5 Å². The van der Waals surface area contributed by atoms with Crippen LogP contribution in [0.25, 0.3) is 0 Å². The molecule has 3 heterocycles. The van der Waals surface area contributed by atoms with Crippen molar-refractivity contribution in [2.24, 2.45) is 0 Å². The molecule has 1 aromatic heterocycles. The third-order valence-electron chi connectivity index (χ3n) is 5.31. The number of thiazole rings is 1. The van der Waals surface area contributed by atoms with Crippen molar-refractivity contribution in [1.82, 2.24) is 9.88 Å². The van der Waals surface area contributed by atoms with E-state index in [-0.39, 0.29) is 24.5 Å². The van der Waals surface area contributed by atoms with Gasteiger partial charge in [0, 0.05) is 37.1 Å². The highest BCUT2D eigenvalue weighted by Gasteiger charge is 2.27. The normalized spacial score (nSPS) is 18.3. The minimum Gasteiger partial charge on any atom is -0.497 e. The molecule has 4 rings (SSSR count). The molecule has 0 bridgehead atoms. The first-order valence-electron chi connectivity index (χ1n) is 10.2. The fraction of sp³-hybridized carbons (Fsp3) is 0.476. The van der Waals surface area contributed by atoms with Gasteiger partial charge in [-0.3, -0.25) is 19.8 Å². The summed E-state index contributed by atoms with van der Waals surface area (Å²) < 4.78 is 15.9. The number of nitrogens with zero attached hydrogens (tertiary/aromatic N) is 2. The summed E-state index contributed by atoms with van der Waals surface area (Å²) in [6.45, 7) is 2.23. The van der Waals surface area contributed by atoms with Gasteiger partial charge in [-0.2, -0.15) is 0 Å². The minimum absolute atomic E-state index is 0.122. The molecule has 1 unspecified atom stereocenters. The average molecular weight is 447 g/mol. The topological polar surface area (TPSA) is 102 Å². The number of amides is 2. The van der Waals surface area contributed by atoms with Gasteiger partial charge in [0.05, 0.1) is 32.1 Å². The Kier molecular flexibility index (Phi) is 6.69. The van der Waals surface area contributed by atoms with E-state index < -0.39 is 0 Å².